The molecule has 4 aromatic rings. The van der Waals surface area contributed by atoms with Crippen molar-refractivity contribution in [3.8, 4) is 11.3 Å². The molecule has 0 unspecified atom stereocenters. The van der Waals surface area contributed by atoms with E-state index in [1.54, 1.807) is 0 Å². The summed E-state index contributed by atoms with van der Waals surface area (Å²) in [6.07, 6.45) is 7.95. The van der Waals surface area contributed by atoms with Gasteiger partial charge in [-0.3, -0.25) is 4.98 Å². The first kappa shape index (κ1) is 17.5. The van der Waals surface area contributed by atoms with Crippen molar-refractivity contribution in [3.05, 3.63) is 59.9 Å². The zero-order chi connectivity index (χ0) is 19.1. The zero-order valence-electron chi connectivity index (χ0n) is 15.5. The predicted octanol–water partition coefficient (Wildman–Crippen LogP) is 5.98. The average molecular weight is 392 g/mol. The number of hydrogen-bond acceptors (Lipinski definition) is 4. The normalized spacial score (nSPS) is 19.9. The molecule has 0 radical (unpaired) electrons. The number of para-hydroxylation sites is 1. The molecule has 0 atom stereocenters. The van der Waals surface area contributed by atoms with E-state index in [0.29, 0.717) is 17.1 Å². The molecular weight excluding hydrogens is 370 g/mol. The number of aromatic nitrogens is 1. The number of benzene rings is 2. The van der Waals surface area contributed by atoms with E-state index in [2.05, 4.69) is 28.5 Å². The Balaban J connectivity index is 1.56. The van der Waals surface area contributed by atoms with Crippen molar-refractivity contribution in [2.45, 2.75) is 37.8 Å². The Labute approximate surface area is 168 Å². The van der Waals surface area contributed by atoms with Crippen molar-refractivity contribution in [1.82, 2.24) is 4.98 Å². The Bertz CT molecular complexity index is 1110. The number of pyridine rings is 1. The van der Waals surface area contributed by atoms with Crippen molar-refractivity contribution < 1.29 is 4.42 Å². The lowest BCUT2D eigenvalue weighted by atomic mass is 9.91. The summed E-state index contributed by atoms with van der Waals surface area (Å²) in [4.78, 5) is 4.40. The maximum Gasteiger partial charge on any atom is 0.137 e. The van der Waals surface area contributed by atoms with Crippen molar-refractivity contribution in [1.29, 1.82) is 0 Å². The Morgan fingerprint density at radius 1 is 1.00 bits per heavy atom. The number of hydrogen-bond donors (Lipinski definition) is 2. The minimum Gasteiger partial charge on any atom is -0.456 e. The van der Waals surface area contributed by atoms with Gasteiger partial charge in [-0.1, -0.05) is 29.8 Å². The molecule has 0 bridgehead atoms. The molecule has 0 spiro atoms. The molecule has 2 aromatic heterocycles. The van der Waals surface area contributed by atoms with Crippen LogP contribution in [0.2, 0.25) is 5.02 Å². The lowest BCUT2D eigenvalue weighted by molar-refractivity contribution is 0.411. The SMILES string of the molecule is N[C@H]1CC[C@H](Nc2cc3c(-c4cc5ccccc5o4)cncc3cc2Cl)CC1. The van der Waals surface area contributed by atoms with Crippen LogP contribution < -0.4 is 11.1 Å². The summed E-state index contributed by atoms with van der Waals surface area (Å²) >= 11 is 6.58. The highest BCUT2D eigenvalue weighted by molar-refractivity contribution is 6.34. The fourth-order valence-corrected chi connectivity index (χ4v) is 4.32. The summed E-state index contributed by atoms with van der Waals surface area (Å²) in [5.74, 6) is 0.816. The average Bonchev–Trinajstić information content (AvgIpc) is 3.14. The van der Waals surface area contributed by atoms with E-state index in [1.165, 1.54) is 0 Å². The highest BCUT2D eigenvalue weighted by Crippen LogP contribution is 2.37. The predicted molar refractivity (Wildman–Crippen MR) is 116 cm³/mol. The number of rotatable bonds is 3. The highest BCUT2D eigenvalue weighted by Gasteiger charge is 2.20. The van der Waals surface area contributed by atoms with Crippen molar-refractivity contribution in [2.75, 3.05) is 5.32 Å². The Morgan fingerprint density at radius 2 is 1.82 bits per heavy atom. The number of nitrogens with one attached hydrogen (secondary N) is 1. The summed E-state index contributed by atoms with van der Waals surface area (Å²) in [6, 6.07) is 14.9. The van der Waals surface area contributed by atoms with Gasteiger partial charge in [0.2, 0.25) is 0 Å². The number of nitrogens with zero attached hydrogens (tertiary/aromatic N) is 1. The third-order valence-electron chi connectivity index (χ3n) is 5.67. The minimum atomic E-state index is 0.330. The van der Waals surface area contributed by atoms with E-state index < -0.39 is 0 Å². The molecular formula is C23H22ClN3O. The van der Waals surface area contributed by atoms with E-state index >= 15 is 0 Å². The number of furan rings is 1. The molecule has 142 valence electrons. The van der Waals surface area contributed by atoms with Crippen LogP contribution in [0.4, 0.5) is 5.69 Å². The van der Waals surface area contributed by atoms with Crippen LogP contribution in [0.5, 0.6) is 0 Å². The van der Waals surface area contributed by atoms with Crippen LogP contribution in [0.15, 0.2) is 59.3 Å². The number of nitrogens with two attached hydrogens (primary N) is 1. The van der Waals surface area contributed by atoms with Crippen LogP contribution in [0.1, 0.15) is 25.7 Å². The summed E-state index contributed by atoms with van der Waals surface area (Å²) in [5.41, 5.74) is 8.84. The fourth-order valence-electron chi connectivity index (χ4n) is 4.10. The second kappa shape index (κ2) is 7.12. The monoisotopic (exact) mass is 391 g/mol. The molecule has 0 saturated heterocycles. The van der Waals surface area contributed by atoms with Crippen LogP contribution >= 0.6 is 11.6 Å². The zero-order valence-corrected chi connectivity index (χ0v) is 16.2. The van der Waals surface area contributed by atoms with Crippen LogP contribution in [0.25, 0.3) is 33.1 Å². The van der Waals surface area contributed by atoms with Crippen LogP contribution in [0, 0.1) is 0 Å². The minimum absolute atomic E-state index is 0.330. The standard InChI is InChI=1S/C23H22ClN3O/c24-20-9-15-12-26-13-19(23-10-14-3-1-2-4-22(14)28-23)18(15)11-21(20)27-17-7-5-16(25)6-8-17/h1-4,9-13,16-17,27H,5-8,25H2/t16-,17-. The van der Waals surface area contributed by atoms with E-state index in [9.17, 15) is 0 Å². The van der Waals surface area contributed by atoms with Crippen molar-refractivity contribution >= 4 is 39.0 Å². The Morgan fingerprint density at radius 3 is 2.64 bits per heavy atom. The van der Waals surface area contributed by atoms with Gasteiger partial charge in [0.05, 0.1) is 10.7 Å². The molecule has 1 aliphatic rings. The maximum atomic E-state index is 6.58. The van der Waals surface area contributed by atoms with Gasteiger partial charge < -0.3 is 15.5 Å². The third-order valence-corrected chi connectivity index (χ3v) is 5.98. The van der Waals surface area contributed by atoms with Crippen LogP contribution in [-0.2, 0) is 0 Å². The van der Waals surface area contributed by atoms with Gasteiger partial charge >= 0.3 is 0 Å². The second-order valence-electron chi connectivity index (χ2n) is 7.64. The summed E-state index contributed by atoms with van der Waals surface area (Å²) in [5, 5.41) is 7.50. The quantitative estimate of drug-likeness (QED) is 0.450. The summed E-state index contributed by atoms with van der Waals surface area (Å²) in [7, 11) is 0. The second-order valence-corrected chi connectivity index (χ2v) is 8.05. The van der Waals surface area contributed by atoms with Crippen molar-refractivity contribution in [2.24, 2.45) is 5.73 Å². The molecule has 28 heavy (non-hydrogen) atoms. The lowest BCUT2D eigenvalue weighted by Crippen LogP contribution is -2.32. The van der Waals surface area contributed by atoms with E-state index in [0.717, 1.165) is 64.4 Å². The van der Waals surface area contributed by atoms with Gasteiger partial charge in [0.1, 0.15) is 11.3 Å². The molecule has 5 heteroatoms. The molecule has 4 nitrogen and oxygen atoms in total. The van der Waals surface area contributed by atoms with Gasteiger partial charge in [0.15, 0.2) is 0 Å². The van der Waals surface area contributed by atoms with Gasteiger partial charge in [-0.15, -0.1) is 0 Å². The van der Waals surface area contributed by atoms with Gasteiger partial charge in [0, 0.05) is 40.8 Å². The van der Waals surface area contributed by atoms with E-state index in [1.807, 2.05) is 36.7 Å². The molecule has 0 aliphatic heterocycles. The fraction of sp³-hybridized carbons (Fsp3) is 0.261. The maximum absolute atomic E-state index is 6.58. The largest absolute Gasteiger partial charge is 0.456 e. The van der Waals surface area contributed by atoms with Gasteiger partial charge in [-0.05, 0) is 55.3 Å². The summed E-state index contributed by atoms with van der Waals surface area (Å²) in [6.45, 7) is 0. The van der Waals surface area contributed by atoms with Crippen molar-refractivity contribution in [3.63, 3.8) is 0 Å². The number of fused-ring (bicyclic) bond motifs is 2. The van der Waals surface area contributed by atoms with Gasteiger partial charge in [0.25, 0.3) is 0 Å². The number of halogens is 1. The smallest absolute Gasteiger partial charge is 0.137 e. The van der Waals surface area contributed by atoms with Gasteiger partial charge in [-0.25, -0.2) is 0 Å². The first-order valence-electron chi connectivity index (χ1n) is 9.76. The molecule has 5 rings (SSSR count). The molecule has 3 N–H and O–H groups in total. The highest BCUT2D eigenvalue weighted by atomic mass is 35.5. The molecule has 1 aliphatic carbocycles. The Hall–Kier alpha value is -2.56. The van der Waals surface area contributed by atoms with E-state index in [-0.39, 0.29) is 0 Å². The topological polar surface area (TPSA) is 64.1 Å². The van der Waals surface area contributed by atoms with Gasteiger partial charge in [-0.2, -0.15) is 0 Å². The number of anilines is 1. The Kier molecular flexibility index (Phi) is 4.46. The lowest BCUT2D eigenvalue weighted by Gasteiger charge is -2.28. The molecule has 1 fully saturated rings. The molecule has 2 aromatic carbocycles. The van der Waals surface area contributed by atoms with Crippen LogP contribution in [0.3, 0.4) is 0 Å². The first-order chi connectivity index (χ1) is 13.7. The molecule has 0 amide bonds. The van der Waals surface area contributed by atoms with E-state index in [4.69, 9.17) is 21.8 Å². The summed E-state index contributed by atoms with van der Waals surface area (Å²) < 4.78 is 6.09. The first-order valence-corrected chi connectivity index (χ1v) is 10.1. The third kappa shape index (κ3) is 3.23. The molecule has 2 heterocycles. The van der Waals surface area contributed by atoms with Crippen LogP contribution in [-0.4, -0.2) is 17.1 Å². The molecule has 1 saturated carbocycles.